The molecule has 15 heavy (non-hydrogen) atoms. The van der Waals surface area contributed by atoms with Crippen LogP contribution in [0.4, 0.5) is 0 Å². The molecule has 2 rings (SSSR count). The summed E-state index contributed by atoms with van der Waals surface area (Å²) in [5.41, 5.74) is 7.60. The van der Waals surface area contributed by atoms with Gasteiger partial charge in [0.2, 0.25) is 0 Å². The molecule has 1 aromatic carbocycles. The average Bonchev–Trinajstić information content (AvgIpc) is 2.24. The van der Waals surface area contributed by atoms with E-state index in [0.717, 1.165) is 12.8 Å². The monoisotopic (exact) mass is 205 g/mol. The molecule has 0 atom stereocenters. The zero-order chi connectivity index (χ0) is 10.8. The molecule has 3 heteroatoms. The Morgan fingerprint density at radius 1 is 1.33 bits per heavy atom. The maximum absolute atomic E-state index is 11.2. The first-order valence-electron chi connectivity index (χ1n) is 5.14. The lowest BCUT2D eigenvalue weighted by molar-refractivity contribution is 0.0600. The van der Waals surface area contributed by atoms with E-state index in [0.29, 0.717) is 17.5 Å². The van der Waals surface area contributed by atoms with Crippen LogP contribution in [-0.4, -0.2) is 19.1 Å². The molecule has 2 N–H and O–H groups in total. The molecule has 0 amide bonds. The van der Waals surface area contributed by atoms with E-state index in [1.54, 1.807) is 0 Å². The summed E-state index contributed by atoms with van der Waals surface area (Å²) in [6.07, 6.45) is 2.11. The van der Waals surface area contributed by atoms with Crippen molar-refractivity contribution in [1.82, 2.24) is 0 Å². The summed E-state index contributed by atoms with van der Waals surface area (Å²) >= 11 is 0. The molecule has 0 unspecified atom stereocenters. The number of methoxy groups -OCH3 is 1. The van der Waals surface area contributed by atoms with Gasteiger partial charge in [-0.25, -0.2) is 4.79 Å². The van der Waals surface area contributed by atoms with Crippen molar-refractivity contribution in [1.29, 1.82) is 0 Å². The van der Waals surface area contributed by atoms with Gasteiger partial charge in [-0.05, 0) is 36.5 Å². The second-order valence-electron chi connectivity index (χ2n) is 4.04. The van der Waals surface area contributed by atoms with Crippen LogP contribution in [0.2, 0.25) is 0 Å². The van der Waals surface area contributed by atoms with E-state index >= 15 is 0 Å². The van der Waals surface area contributed by atoms with Crippen LogP contribution in [0.1, 0.15) is 34.7 Å². The van der Waals surface area contributed by atoms with Gasteiger partial charge in [0.1, 0.15) is 0 Å². The number of esters is 1. The summed E-state index contributed by atoms with van der Waals surface area (Å²) in [5, 5.41) is 0. The topological polar surface area (TPSA) is 52.3 Å². The van der Waals surface area contributed by atoms with Gasteiger partial charge in [0.25, 0.3) is 0 Å². The summed E-state index contributed by atoms with van der Waals surface area (Å²) in [4.78, 5) is 11.2. The van der Waals surface area contributed by atoms with Crippen molar-refractivity contribution in [2.45, 2.75) is 24.8 Å². The van der Waals surface area contributed by atoms with E-state index in [1.807, 2.05) is 24.3 Å². The fraction of sp³-hybridized carbons (Fsp3) is 0.417. The fourth-order valence-corrected chi connectivity index (χ4v) is 1.94. The van der Waals surface area contributed by atoms with Gasteiger partial charge in [-0.3, -0.25) is 0 Å². The molecular formula is C12H15NO2. The lowest BCUT2D eigenvalue weighted by Gasteiger charge is -2.32. The first-order valence-corrected chi connectivity index (χ1v) is 5.14. The van der Waals surface area contributed by atoms with Crippen molar-refractivity contribution in [3.63, 3.8) is 0 Å². The summed E-state index contributed by atoms with van der Waals surface area (Å²) in [5.74, 6) is 0.290. The van der Waals surface area contributed by atoms with Crippen molar-refractivity contribution < 1.29 is 9.53 Å². The number of rotatable bonds is 2. The van der Waals surface area contributed by atoms with Crippen LogP contribution < -0.4 is 5.73 Å². The van der Waals surface area contributed by atoms with Crippen LogP contribution in [0.5, 0.6) is 0 Å². The number of hydrogen-bond donors (Lipinski definition) is 1. The fourth-order valence-electron chi connectivity index (χ4n) is 1.94. The van der Waals surface area contributed by atoms with Crippen LogP contribution >= 0.6 is 0 Å². The predicted molar refractivity (Wildman–Crippen MR) is 57.7 cm³/mol. The Bertz CT molecular complexity index is 352. The molecule has 1 aromatic rings. The second-order valence-corrected chi connectivity index (χ2v) is 4.04. The highest BCUT2D eigenvalue weighted by atomic mass is 16.5. The van der Waals surface area contributed by atoms with E-state index in [-0.39, 0.29) is 5.97 Å². The molecular weight excluding hydrogens is 190 g/mol. The third-order valence-corrected chi connectivity index (χ3v) is 2.98. The third kappa shape index (κ3) is 2.02. The molecule has 3 nitrogen and oxygen atoms in total. The largest absolute Gasteiger partial charge is 0.465 e. The number of benzene rings is 1. The molecule has 80 valence electrons. The lowest BCUT2D eigenvalue weighted by atomic mass is 9.76. The minimum Gasteiger partial charge on any atom is -0.465 e. The molecule has 1 fully saturated rings. The van der Waals surface area contributed by atoms with E-state index in [9.17, 15) is 4.79 Å². The Hall–Kier alpha value is -1.35. The van der Waals surface area contributed by atoms with Gasteiger partial charge in [0.05, 0.1) is 12.7 Å². The maximum Gasteiger partial charge on any atom is 0.337 e. The minimum absolute atomic E-state index is 0.285. The van der Waals surface area contributed by atoms with Gasteiger partial charge in [-0.2, -0.15) is 0 Å². The lowest BCUT2D eigenvalue weighted by Crippen LogP contribution is -2.34. The van der Waals surface area contributed by atoms with Gasteiger partial charge >= 0.3 is 5.97 Å². The molecule has 0 radical (unpaired) electrons. The van der Waals surface area contributed by atoms with E-state index in [1.165, 1.54) is 12.7 Å². The first kappa shape index (κ1) is 10.2. The summed E-state index contributed by atoms with van der Waals surface area (Å²) in [6.45, 7) is 0. The van der Waals surface area contributed by atoms with Crippen molar-refractivity contribution >= 4 is 5.97 Å². The Balaban J connectivity index is 2.07. The van der Waals surface area contributed by atoms with E-state index in [4.69, 9.17) is 5.73 Å². The van der Waals surface area contributed by atoms with Crippen molar-refractivity contribution in [3.8, 4) is 0 Å². The van der Waals surface area contributed by atoms with Crippen LogP contribution in [0.3, 0.4) is 0 Å². The van der Waals surface area contributed by atoms with E-state index < -0.39 is 0 Å². The molecule has 1 aliphatic rings. The number of hydrogen-bond acceptors (Lipinski definition) is 3. The van der Waals surface area contributed by atoms with Gasteiger partial charge in [-0.15, -0.1) is 0 Å². The molecule has 1 aliphatic carbocycles. The van der Waals surface area contributed by atoms with Crippen molar-refractivity contribution in [3.05, 3.63) is 35.4 Å². The SMILES string of the molecule is COC(=O)c1ccc(C2CC(N)C2)cc1. The summed E-state index contributed by atoms with van der Waals surface area (Å²) in [6, 6.07) is 7.96. The first-order chi connectivity index (χ1) is 7.20. The van der Waals surface area contributed by atoms with Crippen molar-refractivity contribution in [2.24, 2.45) is 5.73 Å². The Kier molecular flexibility index (Phi) is 2.73. The highest BCUT2D eigenvalue weighted by molar-refractivity contribution is 5.89. The number of ether oxygens (including phenoxy) is 1. The number of carbonyl (C=O) groups excluding carboxylic acids is 1. The highest BCUT2D eigenvalue weighted by Gasteiger charge is 2.27. The zero-order valence-corrected chi connectivity index (χ0v) is 8.77. The second kappa shape index (κ2) is 4.03. The Morgan fingerprint density at radius 3 is 2.40 bits per heavy atom. The summed E-state index contributed by atoms with van der Waals surface area (Å²) in [7, 11) is 1.39. The normalized spacial score (nSPS) is 24.4. The standard InChI is InChI=1S/C12H15NO2/c1-15-12(14)9-4-2-8(3-5-9)10-6-11(13)7-10/h2-5,10-11H,6-7,13H2,1H3. The summed E-state index contributed by atoms with van der Waals surface area (Å²) < 4.78 is 4.64. The molecule has 0 bridgehead atoms. The Labute approximate surface area is 89.2 Å². The van der Waals surface area contributed by atoms with Gasteiger partial charge in [0.15, 0.2) is 0 Å². The van der Waals surface area contributed by atoms with Gasteiger partial charge < -0.3 is 10.5 Å². The van der Waals surface area contributed by atoms with E-state index in [2.05, 4.69) is 4.74 Å². The van der Waals surface area contributed by atoms with Gasteiger partial charge in [0, 0.05) is 6.04 Å². The van der Waals surface area contributed by atoms with Gasteiger partial charge in [-0.1, -0.05) is 12.1 Å². The average molecular weight is 205 g/mol. The third-order valence-electron chi connectivity index (χ3n) is 2.98. The number of nitrogens with two attached hydrogens (primary N) is 1. The quantitative estimate of drug-likeness (QED) is 0.747. The Morgan fingerprint density at radius 2 is 1.93 bits per heavy atom. The molecule has 1 saturated carbocycles. The maximum atomic E-state index is 11.2. The van der Waals surface area contributed by atoms with Crippen LogP contribution in [0, 0.1) is 0 Å². The van der Waals surface area contributed by atoms with Crippen molar-refractivity contribution in [2.75, 3.05) is 7.11 Å². The van der Waals surface area contributed by atoms with Crippen LogP contribution in [0.25, 0.3) is 0 Å². The predicted octanol–water partition coefficient (Wildman–Crippen LogP) is 1.68. The van der Waals surface area contributed by atoms with Crippen LogP contribution in [0.15, 0.2) is 24.3 Å². The molecule has 0 spiro atoms. The zero-order valence-electron chi connectivity index (χ0n) is 8.77. The molecule has 0 heterocycles. The molecule has 0 aromatic heterocycles. The number of carbonyl (C=O) groups is 1. The minimum atomic E-state index is -0.285. The smallest absolute Gasteiger partial charge is 0.337 e. The molecule has 0 aliphatic heterocycles. The molecule has 0 saturated heterocycles. The van der Waals surface area contributed by atoms with Crippen LogP contribution in [-0.2, 0) is 4.74 Å². The highest BCUT2D eigenvalue weighted by Crippen LogP contribution is 2.35.